The Bertz CT molecular complexity index is 469. The minimum absolute atomic E-state index is 0.149. The molecule has 0 heterocycles. The maximum absolute atomic E-state index is 11.5. The second kappa shape index (κ2) is 5.68. The van der Waals surface area contributed by atoms with Crippen molar-refractivity contribution in [1.82, 2.24) is 5.32 Å². The largest absolute Gasteiger partial charge is 0.351 e. The fourth-order valence-electron chi connectivity index (χ4n) is 1.22. The smallest absolute Gasteiger partial charge is 0.277 e. The van der Waals surface area contributed by atoms with Crippen molar-refractivity contribution in [2.45, 2.75) is 0 Å². The number of nitro groups is 2. The Balaban J connectivity index is 3.14. The zero-order valence-corrected chi connectivity index (χ0v) is 9.16. The van der Waals surface area contributed by atoms with Crippen LogP contribution in [0.2, 0.25) is 0 Å². The van der Waals surface area contributed by atoms with Crippen LogP contribution in [-0.4, -0.2) is 28.8 Å². The molecule has 0 atom stereocenters. The molecule has 0 spiro atoms. The first-order valence-corrected chi connectivity index (χ1v) is 4.88. The third-order valence-corrected chi connectivity index (χ3v) is 2.02. The van der Waals surface area contributed by atoms with Crippen LogP contribution in [0.5, 0.6) is 0 Å². The van der Waals surface area contributed by atoms with E-state index in [0.29, 0.717) is 0 Å². The van der Waals surface area contributed by atoms with Crippen molar-refractivity contribution < 1.29 is 14.6 Å². The highest BCUT2D eigenvalue weighted by Gasteiger charge is 2.19. The predicted molar refractivity (Wildman–Crippen MR) is 61.1 cm³/mol. The van der Waals surface area contributed by atoms with E-state index in [1.165, 1.54) is 0 Å². The highest BCUT2D eigenvalue weighted by atomic mass is 16.6. The SMILES string of the molecule is NCCNC(=O)c1cc([N+](=O)[O-])cc([N+](=O)[O-])c1. The molecule has 0 aliphatic rings. The van der Waals surface area contributed by atoms with Crippen LogP contribution in [0.1, 0.15) is 10.4 Å². The molecule has 0 saturated heterocycles. The van der Waals surface area contributed by atoms with Gasteiger partial charge in [0.2, 0.25) is 0 Å². The normalized spacial score (nSPS) is 9.83. The topological polar surface area (TPSA) is 141 Å². The van der Waals surface area contributed by atoms with Crippen molar-refractivity contribution in [2.75, 3.05) is 13.1 Å². The first kappa shape index (κ1) is 13.5. The lowest BCUT2D eigenvalue weighted by Crippen LogP contribution is -2.29. The molecular weight excluding hydrogens is 244 g/mol. The molecule has 0 aliphatic carbocycles. The standard InChI is InChI=1S/C9H10N4O5/c10-1-2-11-9(14)6-3-7(12(15)16)5-8(4-6)13(17)18/h3-5H,1-2,10H2,(H,11,14). The highest BCUT2D eigenvalue weighted by molar-refractivity contribution is 5.95. The number of nitro benzene ring substituents is 2. The lowest BCUT2D eigenvalue weighted by Gasteiger charge is -2.03. The second-order valence-electron chi connectivity index (χ2n) is 3.30. The molecule has 0 aliphatic heterocycles. The van der Waals surface area contributed by atoms with E-state index in [1.807, 2.05) is 0 Å². The molecule has 9 heteroatoms. The van der Waals surface area contributed by atoms with Gasteiger partial charge in [-0.15, -0.1) is 0 Å². The first-order valence-electron chi connectivity index (χ1n) is 4.88. The number of hydrogen-bond acceptors (Lipinski definition) is 6. The van der Waals surface area contributed by atoms with Gasteiger partial charge in [-0.2, -0.15) is 0 Å². The van der Waals surface area contributed by atoms with Gasteiger partial charge in [0, 0.05) is 25.2 Å². The monoisotopic (exact) mass is 254 g/mol. The van der Waals surface area contributed by atoms with Crippen LogP contribution in [0.4, 0.5) is 11.4 Å². The molecule has 1 rings (SSSR count). The van der Waals surface area contributed by atoms with Crippen LogP contribution >= 0.6 is 0 Å². The van der Waals surface area contributed by atoms with E-state index in [1.54, 1.807) is 0 Å². The maximum atomic E-state index is 11.5. The number of nitrogens with two attached hydrogens (primary N) is 1. The van der Waals surface area contributed by atoms with Gasteiger partial charge in [-0.1, -0.05) is 0 Å². The molecule has 96 valence electrons. The Hall–Kier alpha value is -2.55. The van der Waals surface area contributed by atoms with Crippen LogP contribution < -0.4 is 11.1 Å². The number of hydrogen-bond donors (Lipinski definition) is 2. The average molecular weight is 254 g/mol. The molecule has 1 aromatic rings. The number of non-ortho nitro benzene ring substituents is 2. The summed E-state index contributed by atoms with van der Waals surface area (Å²) in [6, 6.07) is 2.73. The summed E-state index contributed by atoms with van der Waals surface area (Å²) in [6.07, 6.45) is 0. The number of nitrogens with one attached hydrogen (secondary N) is 1. The Morgan fingerprint density at radius 1 is 1.17 bits per heavy atom. The molecule has 18 heavy (non-hydrogen) atoms. The minimum atomic E-state index is -0.799. The third-order valence-electron chi connectivity index (χ3n) is 2.02. The summed E-state index contributed by atoms with van der Waals surface area (Å²) in [7, 11) is 0. The van der Waals surface area contributed by atoms with Crippen LogP contribution in [0.25, 0.3) is 0 Å². The van der Waals surface area contributed by atoms with E-state index in [4.69, 9.17) is 5.73 Å². The van der Waals surface area contributed by atoms with Gasteiger partial charge in [0.05, 0.1) is 21.5 Å². The molecule has 0 bridgehead atoms. The number of rotatable bonds is 5. The molecule has 0 unspecified atom stereocenters. The number of nitrogens with zero attached hydrogens (tertiary/aromatic N) is 2. The summed E-state index contributed by atoms with van der Waals surface area (Å²) in [4.78, 5) is 31.1. The Kier molecular flexibility index (Phi) is 4.27. The predicted octanol–water partition coefficient (Wildman–Crippen LogP) is 0.192. The summed E-state index contributed by atoms with van der Waals surface area (Å²) in [5.41, 5.74) is 4.01. The van der Waals surface area contributed by atoms with Crippen molar-refractivity contribution in [1.29, 1.82) is 0 Å². The Morgan fingerprint density at radius 2 is 1.67 bits per heavy atom. The van der Waals surface area contributed by atoms with Gasteiger partial charge in [-0.25, -0.2) is 0 Å². The molecule has 9 nitrogen and oxygen atoms in total. The van der Waals surface area contributed by atoms with Gasteiger partial charge in [-0.05, 0) is 0 Å². The molecule has 1 aromatic carbocycles. The fourth-order valence-corrected chi connectivity index (χ4v) is 1.22. The summed E-state index contributed by atoms with van der Waals surface area (Å²) < 4.78 is 0. The average Bonchev–Trinajstić information content (AvgIpc) is 2.35. The van der Waals surface area contributed by atoms with Crippen molar-refractivity contribution in [3.63, 3.8) is 0 Å². The fraction of sp³-hybridized carbons (Fsp3) is 0.222. The zero-order chi connectivity index (χ0) is 13.7. The van der Waals surface area contributed by atoms with Gasteiger partial charge in [-0.3, -0.25) is 25.0 Å². The van der Waals surface area contributed by atoms with Crippen LogP contribution in [0.3, 0.4) is 0 Å². The molecule has 0 radical (unpaired) electrons. The van der Waals surface area contributed by atoms with E-state index < -0.39 is 27.1 Å². The lowest BCUT2D eigenvalue weighted by atomic mass is 10.1. The second-order valence-corrected chi connectivity index (χ2v) is 3.30. The van der Waals surface area contributed by atoms with Gasteiger partial charge >= 0.3 is 0 Å². The van der Waals surface area contributed by atoms with Gasteiger partial charge in [0.1, 0.15) is 0 Å². The molecule has 1 amide bonds. The van der Waals surface area contributed by atoms with Crippen LogP contribution in [0.15, 0.2) is 18.2 Å². The van der Waals surface area contributed by atoms with E-state index >= 15 is 0 Å². The maximum Gasteiger partial charge on any atom is 0.277 e. The van der Waals surface area contributed by atoms with Crippen LogP contribution in [-0.2, 0) is 0 Å². The Morgan fingerprint density at radius 3 is 2.06 bits per heavy atom. The molecule has 0 aromatic heterocycles. The Labute approximate surface area is 101 Å². The van der Waals surface area contributed by atoms with Gasteiger partial charge in [0.25, 0.3) is 17.3 Å². The summed E-state index contributed by atoms with van der Waals surface area (Å²) >= 11 is 0. The van der Waals surface area contributed by atoms with Crippen LogP contribution in [0, 0.1) is 20.2 Å². The summed E-state index contributed by atoms with van der Waals surface area (Å²) in [5.74, 6) is -0.646. The van der Waals surface area contributed by atoms with E-state index in [2.05, 4.69) is 5.32 Å². The van der Waals surface area contributed by atoms with E-state index in [-0.39, 0.29) is 18.7 Å². The summed E-state index contributed by atoms with van der Waals surface area (Å²) in [6.45, 7) is 0.373. The van der Waals surface area contributed by atoms with E-state index in [0.717, 1.165) is 18.2 Å². The number of benzene rings is 1. The van der Waals surface area contributed by atoms with Gasteiger partial charge in [0.15, 0.2) is 0 Å². The number of carbonyl (C=O) groups excluding carboxylic acids is 1. The van der Waals surface area contributed by atoms with Crippen molar-refractivity contribution >= 4 is 17.3 Å². The molecular formula is C9H10N4O5. The third kappa shape index (κ3) is 3.22. The van der Waals surface area contributed by atoms with Gasteiger partial charge < -0.3 is 11.1 Å². The molecule has 3 N–H and O–H groups in total. The van der Waals surface area contributed by atoms with Crippen molar-refractivity contribution in [3.8, 4) is 0 Å². The first-order chi connectivity index (χ1) is 8.45. The minimum Gasteiger partial charge on any atom is -0.351 e. The van der Waals surface area contributed by atoms with Crippen molar-refractivity contribution in [2.24, 2.45) is 5.73 Å². The van der Waals surface area contributed by atoms with E-state index in [9.17, 15) is 25.0 Å². The highest BCUT2D eigenvalue weighted by Crippen LogP contribution is 2.22. The molecule has 0 saturated carbocycles. The molecule has 0 fully saturated rings. The number of carbonyl (C=O) groups is 1. The lowest BCUT2D eigenvalue weighted by molar-refractivity contribution is -0.394. The zero-order valence-electron chi connectivity index (χ0n) is 9.16. The summed E-state index contributed by atoms with van der Waals surface area (Å²) in [5, 5.41) is 23.6. The number of amides is 1. The quantitative estimate of drug-likeness (QED) is 0.567. The van der Waals surface area contributed by atoms with Crippen molar-refractivity contribution in [3.05, 3.63) is 44.0 Å².